The number of carboxylic acids is 1. The first-order valence-corrected chi connectivity index (χ1v) is 10.1. The van der Waals surface area contributed by atoms with E-state index >= 15 is 0 Å². The number of nitrogens with zero attached hydrogens (tertiary/aromatic N) is 1. The van der Waals surface area contributed by atoms with Gasteiger partial charge in [0.05, 0.1) is 24.2 Å². The smallest absolute Gasteiger partial charge is 0.255 e. The van der Waals surface area contributed by atoms with Gasteiger partial charge in [0.1, 0.15) is 4.90 Å². The molecule has 0 aliphatic carbocycles. The number of aromatic carboxylic acids is 1. The number of hydrogen-bond donors (Lipinski definition) is 1. The summed E-state index contributed by atoms with van der Waals surface area (Å²) < 4.78 is 32.1. The van der Waals surface area contributed by atoms with Crippen molar-refractivity contribution in [2.24, 2.45) is 0 Å². The number of morpholine rings is 1. The standard InChI is InChI=1S/C18H17ClN2O6S/c19-15-5-4-12(11-16(15)28(25,26)21-6-8-27-9-7-21)17(22)20-14-3-1-2-13(10-14)18(23)24/h1-5,10-11H,6-9H2,(H,20,22)(H,23,24)/p-1. The van der Waals surface area contributed by atoms with E-state index < -0.39 is 21.9 Å². The van der Waals surface area contributed by atoms with Crippen molar-refractivity contribution in [1.29, 1.82) is 0 Å². The summed E-state index contributed by atoms with van der Waals surface area (Å²) in [5.41, 5.74) is 0.207. The summed E-state index contributed by atoms with van der Waals surface area (Å²) in [5.74, 6) is -1.98. The number of carbonyl (C=O) groups excluding carboxylic acids is 2. The number of halogens is 1. The number of sulfonamides is 1. The van der Waals surface area contributed by atoms with Crippen molar-refractivity contribution in [3.05, 3.63) is 58.6 Å². The van der Waals surface area contributed by atoms with Gasteiger partial charge >= 0.3 is 0 Å². The fourth-order valence-electron chi connectivity index (χ4n) is 2.70. The summed E-state index contributed by atoms with van der Waals surface area (Å²) in [6.07, 6.45) is 0. The fraction of sp³-hybridized carbons (Fsp3) is 0.222. The number of anilines is 1. The SMILES string of the molecule is O=C([O-])c1cccc(NC(=O)c2ccc(Cl)c(S(=O)(=O)N3CCOCC3)c2)c1. The van der Waals surface area contributed by atoms with Gasteiger partial charge in [-0.2, -0.15) is 4.31 Å². The van der Waals surface area contributed by atoms with E-state index in [1.165, 1.54) is 46.8 Å². The predicted octanol–water partition coefficient (Wildman–Crippen LogP) is 0.977. The minimum atomic E-state index is -3.88. The largest absolute Gasteiger partial charge is 0.545 e. The molecule has 1 saturated heterocycles. The van der Waals surface area contributed by atoms with E-state index in [2.05, 4.69) is 5.32 Å². The molecule has 1 heterocycles. The highest BCUT2D eigenvalue weighted by Crippen LogP contribution is 2.27. The average Bonchev–Trinajstić information content (AvgIpc) is 2.69. The Morgan fingerprint density at radius 3 is 2.46 bits per heavy atom. The molecule has 0 aromatic heterocycles. The Bertz CT molecular complexity index is 1020. The second-order valence-electron chi connectivity index (χ2n) is 5.98. The minimum Gasteiger partial charge on any atom is -0.545 e. The van der Waals surface area contributed by atoms with Crippen LogP contribution in [0.3, 0.4) is 0 Å². The van der Waals surface area contributed by atoms with Gasteiger partial charge in [0.2, 0.25) is 10.0 Å². The second kappa shape index (κ2) is 8.27. The van der Waals surface area contributed by atoms with Gasteiger partial charge in [0, 0.05) is 24.3 Å². The van der Waals surface area contributed by atoms with Crippen molar-refractivity contribution in [2.75, 3.05) is 31.6 Å². The third kappa shape index (κ3) is 4.33. The minimum absolute atomic E-state index is 0.00184. The molecular weight excluding hydrogens is 408 g/mol. The van der Waals surface area contributed by atoms with E-state index in [9.17, 15) is 23.1 Å². The molecule has 1 N–H and O–H groups in total. The Hall–Kier alpha value is -2.46. The van der Waals surface area contributed by atoms with Gasteiger partial charge in [-0.15, -0.1) is 0 Å². The van der Waals surface area contributed by atoms with Crippen LogP contribution in [0.15, 0.2) is 47.4 Å². The van der Waals surface area contributed by atoms with Gasteiger partial charge in [-0.1, -0.05) is 23.7 Å². The molecule has 0 unspecified atom stereocenters. The van der Waals surface area contributed by atoms with Crippen LogP contribution in [0.1, 0.15) is 20.7 Å². The molecule has 1 fully saturated rings. The predicted molar refractivity (Wildman–Crippen MR) is 99.8 cm³/mol. The molecule has 0 bridgehead atoms. The Labute approximate surface area is 166 Å². The molecule has 8 nitrogen and oxygen atoms in total. The number of benzene rings is 2. The van der Waals surface area contributed by atoms with E-state index in [4.69, 9.17) is 16.3 Å². The zero-order valence-electron chi connectivity index (χ0n) is 14.6. The van der Waals surface area contributed by atoms with Crippen molar-refractivity contribution < 1.29 is 27.9 Å². The second-order valence-corrected chi connectivity index (χ2v) is 8.30. The monoisotopic (exact) mass is 423 g/mol. The molecule has 0 atom stereocenters. The van der Waals surface area contributed by atoms with E-state index in [-0.39, 0.29) is 53.0 Å². The maximum atomic E-state index is 12.8. The third-order valence-electron chi connectivity index (χ3n) is 4.14. The number of carbonyl (C=O) groups is 2. The first kappa shape index (κ1) is 20.3. The number of rotatable bonds is 5. The van der Waals surface area contributed by atoms with E-state index in [1.54, 1.807) is 0 Å². The normalized spacial score (nSPS) is 15.2. The molecule has 3 rings (SSSR count). The summed E-state index contributed by atoms with van der Waals surface area (Å²) in [5, 5.41) is 13.5. The lowest BCUT2D eigenvalue weighted by molar-refractivity contribution is -0.255. The van der Waals surface area contributed by atoms with Gasteiger partial charge in [0.25, 0.3) is 5.91 Å². The lowest BCUT2D eigenvalue weighted by atomic mass is 10.1. The average molecular weight is 424 g/mol. The fourth-order valence-corrected chi connectivity index (χ4v) is 4.60. The topological polar surface area (TPSA) is 116 Å². The van der Waals surface area contributed by atoms with Crippen molar-refractivity contribution in [3.63, 3.8) is 0 Å². The first-order valence-electron chi connectivity index (χ1n) is 8.29. The number of amides is 1. The van der Waals surface area contributed by atoms with Gasteiger partial charge in [-0.25, -0.2) is 8.42 Å². The highest BCUT2D eigenvalue weighted by atomic mass is 35.5. The quantitative estimate of drug-likeness (QED) is 0.766. The number of carboxylic acid groups (broad SMARTS) is 1. The number of nitrogens with one attached hydrogen (secondary N) is 1. The van der Waals surface area contributed by atoms with Crippen LogP contribution in [0.25, 0.3) is 0 Å². The Morgan fingerprint density at radius 1 is 1.07 bits per heavy atom. The molecule has 2 aromatic carbocycles. The maximum absolute atomic E-state index is 12.8. The molecule has 1 aliphatic heterocycles. The molecule has 2 aromatic rings. The highest BCUT2D eigenvalue weighted by molar-refractivity contribution is 7.89. The van der Waals surface area contributed by atoms with Crippen LogP contribution in [0.2, 0.25) is 5.02 Å². The summed E-state index contributed by atoms with van der Waals surface area (Å²) in [6.45, 7) is 0.966. The molecule has 10 heteroatoms. The van der Waals surface area contributed by atoms with Crippen molar-refractivity contribution in [1.82, 2.24) is 4.31 Å². The Kier molecular flexibility index (Phi) is 5.99. The van der Waals surface area contributed by atoms with Crippen LogP contribution in [-0.2, 0) is 14.8 Å². The van der Waals surface area contributed by atoms with Crippen LogP contribution < -0.4 is 10.4 Å². The van der Waals surface area contributed by atoms with Crippen LogP contribution in [0.4, 0.5) is 5.69 Å². The maximum Gasteiger partial charge on any atom is 0.255 e. The molecule has 1 aliphatic rings. The first-order chi connectivity index (χ1) is 13.3. The lowest BCUT2D eigenvalue weighted by Gasteiger charge is -2.26. The van der Waals surface area contributed by atoms with E-state index in [0.717, 1.165) is 0 Å². The van der Waals surface area contributed by atoms with E-state index in [0.29, 0.717) is 0 Å². The van der Waals surface area contributed by atoms with Crippen molar-refractivity contribution >= 4 is 39.2 Å². The number of ether oxygens (including phenoxy) is 1. The third-order valence-corrected chi connectivity index (χ3v) is 6.52. The van der Waals surface area contributed by atoms with Gasteiger partial charge in [-0.05, 0) is 35.9 Å². The highest BCUT2D eigenvalue weighted by Gasteiger charge is 2.29. The van der Waals surface area contributed by atoms with Crippen LogP contribution >= 0.6 is 11.6 Å². The molecule has 148 valence electrons. The molecule has 0 saturated carbocycles. The zero-order valence-corrected chi connectivity index (χ0v) is 16.1. The zero-order chi connectivity index (χ0) is 20.3. The summed E-state index contributed by atoms with van der Waals surface area (Å²) >= 11 is 6.08. The van der Waals surface area contributed by atoms with Crippen molar-refractivity contribution in [2.45, 2.75) is 4.90 Å². The summed E-state index contributed by atoms with van der Waals surface area (Å²) in [4.78, 5) is 23.3. The van der Waals surface area contributed by atoms with Gasteiger partial charge < -0.3 is 20.0 Å². The Balaban J connectivity index is 1.87. The van der Waals surface area contributed by atoms with Gasteiger partial charge in [-0.3, -0.25) is 4.79 Å². The molecule has 28 heavy (non-hydrogen) atoms. The molecular formula is C18H16ClN2O6S-. The summed E-state index contributed by atoms with van der Waals surface area (Å²) in [6, 6.07) is 9.46. The lowest BCUT2D eigenvalue weighted by Crippen LogP contribution is -2.40. The molecule has 0 radical (unpaired) electrons. The van der Waals surface area contributed by atoms with E-state index in [1.807, 2.05) is 0 Å². The Morgan fingerprint density at radius 2 is 1.79 bits per heavy atom. The summed E-state index contributed by atoms with van der Waals surface area (Å²) in [7, 11) is -3.88. The van der Waals surface area contributed by atoms with Gasteiger partial charge in [0.15, 0.2) is 0 Å². The number of hydrogen-bond acceptors (Lipinski definition) is 6. The van der Waals surface area contributed by atoms with Crippen LogP contribution in [0.5, 0.6) is 0 Å². The molecule has 0 spiro atoms. The van der Waals surface area contributed by atoms with Crippen LogP contribution in [-0.4, -0.2) is 50.9 Å². The van der Waals surface area contributed by atoms with Crippen LogP contribution in [0, 0.1) is 0 Å². The molecule has 1 amide bonds. The van der Waals surface area contributed by atoms with Crippen molar-refractivity contribution in [3.8, 4) is 0 Å².